The van der Waals surface area contributed by atoms with E-state index in [1.807, 2.05) is 19.1 Å². The minimum absolute atomic E-state index is 0.295. The molecule has 0 spiro atoms. The average molecular weight is 330 g/mol. The Kier molecular flexibility index (Phi) is 5.85. The Balaban J connectivity index is 1.71. The van der Waals surface area contributed by atoms with Crippen molar-refractivity contribution in [1.82, 2.24) is 9.88 Å². The van der Waals surface area contributed by atoms with Crippen molar-refractivity contribution in [2.75, 3.05) is 19.7 Å². The molecular formula is C16H21F3N2O2. The molecule has 0 saturated carbocycles. The summed E-state index contributed by atoms with van der Waals surface area (Å²) in [6.45, 7) is 3.42. The molecule has 0 unspecified atom stereocenters. The van der Waals surface area contributed by atoms with E-state index in [1.54, 1.807) is 6.20 Å². The molecule has 0 radical (unpaired) electrons. The zero-order valence-corrected chi connectivity index (χ0v) is 13.1. The van der Waals surface area contributed by atoms with Gasteiger partial charge in [-0.3, -0.25) is 4.79 Å². The Morgan fingerprint density at radius 2 is 2.09 bits per heavy atom. The van der Waals surface area contributed by atoms with Crippen molar-refractivity contribution in [1.29, 1.82) is 0 Å². The van der Waals surface area contributed by atoms with Gasteiger partial charge < -0.3 is 9.64 Å². The maximum Gasteiger partial charge on any atom is 0.389 e. The number of halogens is 3. The second-order valence-electron chi connectivity index (χ2n) is 5.88. The van der Waals surface area contributed by atoms with Crippen LogP contribution in [0.2, 0.25) is 0 Å². The third-order valence-corrected chi connectivity index (χ3v) is 4.01. The Morgan fingerprint density at radius 1 is 1.39 bits per heavy atom. The number of carbonyl (C=O) groups is 1. The van der Waals surface area contributed by atoms with E-state index < -0.39 is 24.9 Å². The van der Waals surface area contributed by atoms with Gasteiger partial charge in [-0.05, 0) is 31.7 Å². The van der Waals surface area contributed by atoms with Gasteiger partial charge in [0, 0.05) is 31.3 Å². The van der Waals surface area contributed by atoms with Crippen LogP contribution in [0.4, 0.5) is 13.2 Å². The summed E-state index contributed by atoms with van der Waals surface area (Å²) in [4.78, 5) is 17.4. The standard InChI is InChI=1S/C16H21F3N2O2/c1-12-3-2-8-20-15(12)23-11-13-5-9-21(10-6-13)14(22)4-7-16(17,18)19/h2-3,8,13H,4-7,9-11H2,1H3. The number of ether oxygens (including phenoxy) is 1. The van der Waals surface area contributed by atoms with Crippen molar-refractivity contribution in [3.05, 3.63) is 23.9 Å². The molecule has 7 heteroatoms. The molecule has 1 amide bonds. The lowest BCUT2D eigenvalue weighted by Crippen LogP contribution is -2.40. The molecule has 23 heavy (non-hydrogen) atoms. The highest BCUT2D eigenvalue weighted by Crippen LogP contribution is 2.24. The van der Waals surface area contributed by atoms with Gasteiger partial charge in [-0.25, -0.2) is 4.98 Å². The fourth-order valence-electron chi connectivity index (χ4n) is 2.57. The number of alkyl halides is 3. The van der Waals surface area contributed by atoms with E-state index in [-0.39, 0.29) is 0 Å². The first kappa shape index (κ1) is 17.6. The lowest BCUT2D eigenvalue weighted by Gasteiger charge is -2.32. The normalized spacial score (nSPS) is 16.4. The van der Waals surface area contributed by atoms with Crippen LogP contribution in [0.3, 0.4) is 0 Å². The number of aromatic nitrogens is 1. The van der Waals surface area contributed by atoms with Gasteiger partial charge in [0.15, 0.2) is 0 Å². The molecule has 1 fully saturated rings. The van der Waals surface area contributed by atoms with E-state index in [2.05, 4.69) is 4.98 Å². The zero-order valence-electron chi connectivity index (χ0n) is 13.1. The van der Waals surface area contributed by atoms with Crippen LogP contribution >= 0.6 is 0 Å². The molecule has 1 aromatic rings. The zero-order chi connectivity index (χ0) is 16.9. The SMILES string of the molecule is Cc1cccnc1OCC1CCN(C(=O)CCC(F)(F)F)CC1. The summed E-state index contributed by atoms with van der Waals surface area (Å²) in [5, 5.41) is 0. The van der Waals surface area contributed by atoms with Gasteiger partial charge in [0.05, 0.1) is 13.0 Å². The van der Waals surface area contributed by atoms with Crippen molar-refractivity contribution in [2.45, 2.75) is 38.8 Å². The van der Waals surface area contributed by atoms with Gasteiger partial charge >= 0.3 is 6.18 Å². The summed E-state index contributed by atoms with van der Waals surface area (Å²) in [6, 6.07) is 3.76. The second kappa shape index (κ2) is 7.66. The fraction of sp³-hybridized carbons (Fsp3) is 0.625. The number of amides is 1. The monoisotopic (exact) mass is 330 g/mol. The molecule has 2 rings (SSSR count). The predicted octanol–water partition coefficient (Wildman–Crippen LogP) is 3.35. The number of nitrogens with zero attached hydrogens (tertiary/aromatic N) is 2. The summed E-state index contributed by atoms with van der Waals surface area (Å²) in [7, 11) is 0. The first-order valence-corrected chi connectivity index (χ1v) is 7.74. The maximum atomic E-state index is 12.1. The van der Waals surface area contributed by atoms with Gasteiger partial charge in [0.25, 0.3) is 0 Å². The minimum atomic E-state index is -4.28. The van der Waals surface area contributed by atoms with Crippen molar-refractivity contribution in [3.8, 4) is 5.88 Å². The van der Waals surface area contributed by atoms with Crippen LogP contribution in [-0.2, 0) is 4.79 Å². The van der Waals surface area contributed by atoms with Crippen LogP contribution in [0, 0.1) is 12.8 Å². The predicted molar refractivity (Wildman–Crippen MR) is 79.1 cm³/mol. The molecule has 1 aliphatic heterocycles. The first-order chi connectivity index (χ1) is 10.8. The van der Waals surface area contributed by atoms with Crippen LogP contribution in [-0.4, -0.2) is 41.7 Å². The Labute approximate surface area is 133 Å². The number of carbonyl (C=O) groups excluding carboxylic acids is 1. The van der Waals surface area contributed by atoms with E-state index in [4.69, 9.17) is 4.74 Å². The van der Waals surface area contributed by atoms with Crippen LogP contribution in [0.25, 0.3) is 0 Å². The topological polar surface area (TPSA) is 42.4 Å². The van der Waals surface area contributed by atoms with E-state index in [0.29, 0.717) is 31.5 Å². The summed E-state index contributed by atoms with van der Waals surface area (Å²) >= 11 is 0. The molecule has 0 atom stereocenters. The largest absolute Gasteiger partial charge is 0.477 e. The molecule has 0 N–H and O–H groups in total. The summed E-state index contributed by atoms with van der Waals surface area (Å²) in [5.74, 6) is 0.488. The number of pyridine rings is 1. The number of rotatable bonds is 5. The van der Waals surface area contributed by atoms with Crippen LogP contribution in [0.5, 0.6) is 5.88 Å². The molecule has 0 aromatic carbocycles. The Morgan fingerprint density at radius 3 is 2.70 bits per heavy atom. The molecule has 1 aliphatic rings. The van der Waals surface area contributed by atoms with Crippen molar-refractivity contribution in [2.24, 2.45) is 5.92 Å². The minimum Gasteiger partial charge on any atom is -0.477 e. The summed E-state index contributed by atoms with van der Waals surface area (Å²) < 4.78 is 42.1. The lowest BCUT2D eigenvalue weighted by atomic mass is 9.97. The second-order valence-corrected chi connectivity index (χ2v) is 5.88. The van der Waals surface area contributed by atoms with Gasteiger partial charge in [0.1, 0.15) is 0 Å². The van der Waals surface area contributed by atoms with E-state index in [1.165, 1.54) is 4.90 Å². The van der Waals surface area contributed by atoms with E-state index in [9.17, 15) is 18.0 Å². The smallest absolute Gasteiger partial charge is 0.389 e. The van der Waals surface area contributed by atoms with Gasteiger partial charge in [-0.15, -0.1) is 0 Å². The average Bonchev–Trinajstić information content (AvgIpc) is 2.52. The van der Waals surface area contributed by atoms with E-state index in [0.717, 1.165) is 18.4 Å². The van der Waals surface area contributed by atoms with Crippen molar-refractivity contribution in [3.63, 3.8) is 0 Å². The third-order valence-electron chi connectivity index (χ3n) is 4.01. The van der Waals surface area contributed by atoms with Crippen LogP contribution in [0.15, 0.2) is 18.3 Å². The fourth-order valence-corrected chi connectivity index (χ4v) is 2.57. The Hall–Kier alpha value is -1.79. The molecular weight excluding hydrogens is 309 g/mol. The summed E-state index contributed by atoms with van der Waals surface area (Å²) in [5.41, 5.74) is 0.965. The van der Waals surface area contributed by atoms with Gasteiger partial charge in [-0.2, -0.15) is 13.2 Å². The number of aryl methyl sites for hydroxylation is 1. The van der Waals surface area contributed by atoms with Crippen molar-refractivity contribution < 1.29 is 22.7 Å². The quantitative estimate of drug-likeness (QED) is 0.831. The highest BCUT2D eigenvalue weighted by molar-refractivity contribution is 5.76. The molecule has 0 aliphatic carbocycles. The number of piperidine rings is 1. The highest BCUT2D eigenvalue weighted by Gasteiger charge is 2.30. The maximum absolute atomic E-state index is 12.1. The van der Waals surface area contributed by atoms with Crippen LogP contribution < -0.4 is 4.74 Å². The molecule has 0 bridgehead atoms. The third kappa shape index (κ3) is 5.73. The van der Waals surface area contributed by atoms with Crippen molar-refractivity contribution >= 4 is 5.91 Å². The van der Waals surface area contributed by atoms with Gasteiger partial charge in [-0.1, -0.05) is 6.07 Å². The Bertz CT molecular complexity index is 526. The molecule has 2 heterocycles. The highest BCUT2D eigenvalue weighted by atomic mass is 19.4. The van der Waals surface area contributed by atoms with E-state index >= 15 is 0 Å². The first-order valence-electron chi connectivity index (χ1n) is 7.74. The molecule has 128 valence electrons. The number of likely N-dealkylation sites (tertiary alicyclic amines) is 1. The van der Waals surface area contributed by atoms with Gasteiger partial charge in [0.2, 0.25) is 11.8 Å². The number of hydrogen-bond donors (Lipinski definition) is 0. The summed E-state index contributed by atoms with van der Waals surface area (Å²) in [6.07, 6.45) is -2.63. The molecule has 4 nitrogen and oxygen atoms in total. The van der Waals surface area contributed by atoms with Crippen LogP contribution in [0.1, 0.15) is 31.2 Å². The lowest BCUT2D eigenvalue weighted by molar-refractivity contribution is -0.149. The molecule has 1 saturated heterocycles. The molecule has 1 aromatic heterocycles. The number of hydrogen-bond acceptors (Lipinski definition) is 3.